The fourth-order valence-corrected chi connectivity index (χ4v) is 6.74. The average molecular weight is 774 g/mol. The van der Waals surface area contributed by atoms with Gasteiger partial charge in [-0.3, -0.25) is 9.59 Å². The van der Waals surface area contributed by atoms with Gasteiger partial charge >= 0.3 is 5.97 Å². The summed E-state index contributed by atoms with van der Waals surface area (Å²) < 4.78 is 8.23. The van der Waals surface area contributed by atoms with Gasteiger partial charge in [0.25, 0.3) is 6.47 Å². The van der Waals surface area contributed by atoms with Crippen molar-refractivity contribution in [3.8, 4) is 0 Å². The zero-order valence-electron chi connectivity index (χ0n) is 30.0. The number of nitrogens with zero attached hydrogens (tertiary/aromatic N) is 6. The van der Waals surface area contributed by atoms with Crippen LogP contribution in [0.4, 0.5) is 0 Å². The van der Waals surface area contributed by atoms with Crippen molar-refractivity contribution in [1.29, 1.82) is 0 Å². The number of aliphatic carboxylic acids is 1. The number of piperidine rings is 2. The molecule has 52 heavy (non-hydrogen) atoms. The maximum Gasteiger partial charge on any atom is 0.331 e. The number of likely N-dealkylation sites (tertiary alicyclic amines) is 2. The SMILES string of the molecule is Br.CN1CCC(=C2c3ccccc3CCn3ccnc32)CC1.CN1CCC(C(=O)c2nccn2CCc2ccccc2)CC1.O=CO/C=C/C(=O)O. The molecule has 4 aromatic rings. The fourth-order valence-electron chi connectivity index (χ4n) is 6.74. The number of Topliss-reactive ketones (excluding diaryl/α,β-unsaturated/α-hetero) is 1. The second-order valence-electron chi connectivity index (χ2n) is 13.1. The molecule has 0 aliphatic carbocycles. The second kappa shape index (κ2) is 20.4. The van der Waals surface area contributed by atoms with E-state index in [0.717, 1.165) is 84.1 Å². The molecule has 0 amide bonds. The number of hydrogen-bond donors (Lipinski definition) is 1. The van der Waals surface area contributed by atoms with E-state index in [4.69, 9.17) is 5.11 Å². The molecule has 0 saturated carbocycles. The van der Waals surface area contributed by atoms with E-state index in [-0.39, 0.29) is 35.2 Å². The zero-order chi connectivity index (χ0) is 36.0. The Balaban J connectivity index is 0.000000191. The number of carboxylic acid groups (broad SMARTS) is 1. The summed E-state index contributed by atoms with van der Waals surface area (Å²) in [5.41, 5.74) is 7.14. The van der Waals surface area contributed by atoms with Crippen LogP contribution in [0.3, 0.4) is 0 Å². The molecule has 2 fully saturated rings. The van der Waals surface area contributed by atoms with Crippen LogP contribution in [0.1, 0.15) is 58.8 Å². The largest absolute Gasteiger partial charge is 0.478 e. The van der Waals surface area contributed by atoms with Crippen molar-refractivity contribution in [2.75, 3.05) is 40.3 Å². The van der Waals surface area contributed by atoms with E-state index < -0.39 is 5.97 Å². The van der Waals surface area contributed by atoms with Crippen molar-refractivity contribution in [3.05, 3.63) is 126 Å². The Morgan fingerprint density at radius 2 is 1.54 bits per heavy atom. The van der Waals surface area contributed by atoms with Crippen LogP contribution in [0.5, 0.6) is 0 Å². The number of imidazole rings is 2. The zero-order valence-corrected chi connectivity index (χ0v) is 31.7. The highest BCUT2D eigenvalue weighted by molar-refractivity contribution is 8.93. The minimum Gasteiger partial charge on any atom is -0.478 e. The van der Waals surface area contributed by atoms with Crippen LogP contribution in [0.2, 0.25) is 0 Å². The van der Waals surface area contributed by atoms with Gasteiger partial charge in [0.05, 0.1) is 6.08 Å². The van der Waals surface area contributed by atoms with E-state index in [9.17, 15) is 14.4 Å². The first-order valence-corrected chi connectivity index (χ1v) is 17.6. The van der Waals surface area contributed by atoms with Gasteiger partial charge in [-0.2, -0.15) is 0 Å². The summed E-state index contributed by atoms with van der Waals surface area (Å²) in [6, 6.07) is 19.2. The molecule has 0 bridgehead atoms. The van der Waals surface area contributed by atoms with E-state index >= 15 is 0 Å². The van der Waals surface area contributed by atoms with Crippen LogP contribution in [0.25, 0.3) is 5.57 Å². The monoisotopic (exact) mass is 772 g/mol. The third kappa shape index (κ3) is 11.2. The second-order valence-corrected chi connectivity index (χ2v) is 13.1. The van der Waals surface area contributed by atoms with Crippen molar-refractivity contribution < 1.29 is 24.2 Å². The Bertz CT molecular complexity index is 1800. The Hall–Kier alpha value is -4.65. The lowest BCUT2D eigenvalue weighted by Crippen LogP contribution is -2.34. The highest BCUT2D eigenvalue weighted by Gasteiger charge is 2.27. The predicted molar refractivity (Wildman–Crippen MR) is 206 cm³/mol. The number of aryl methyl sites for hydroxylation is 4. The number of ether oxygens (including phenoxy) is 1. The number of fused-ring (bicyclic) bond motifs is 2. The van der Waals surface area contributed by atoms with Gasteiger partial charge in [0, 0.05) is 62.5 Å². The Labute approximate surface area is 316 Å². The topological polar surface area (TPSA) is 123 Å². The molecule has 276 valence electrons. The molecule has 2 saturated heterocycles. The number of carboxylic acids is 1. The van der Waals surface area contributed by atoms with Gasteiger partial charge in [0.2, 0.25) is 5.78 Å². The highest BCUT2D eigenvalue weighted by atomic mass is 79.9. The summed E-state index contributed by atoms with van der Waals surface area (Å²) in [5.74, 6) is 0.997. The number of halogens is 1. The number of carbonyl (C=O) groups excluding carboxylic acids is 2. The first-order valence-electron chi connectivity index (χ1n) is 17.6. The predicted octanol–water partition coefficient (Wildman–Crippen LogP) is 5.95. The summed E-state index contributed by atoms with van der Waals surface area (Å²) in [4.78, 5) is 45.3. The minimum atomic E-state index is -1.15. The van der Waals surface area contributed by atoms with E-state index in [2.05, 4.69) is 85.8 Å². The molecular weight excluding hydrogens is 724 g/mol. The lowest BCUT2D eigenvalue weighted by Gasteiger charge is -2.27. The molecule has 0 spiro atoms. The van der Waals surface area contributed by atoms with Crippen LogP contribution in [-0.2, 0) is 40.3 Å². The number of carbonyl (C=O) groups is 3. The number of aromatic nitrogens is 4. The lowest BCUT2D eigenvalue weighted by atomic mass is 9.90. The maximum atomic E-state index is 12.7. The van der Waals surface area contributed by atoms with Gasteiger partial charge in [0.1, 0.15) is 12.1 Å². The summed E-state index contributed by atoms with van der Waals surface area (Å²) >= 11 is 0. The molecule has 7 rings (SSSR count). The third-order valence-corrected chi connectivity index (χ3v) is 9.65. The molecule has 0 unspecified atom stereocenters. The first kappa shape index (κ1) is 40.1. The van der Waals surface area contributed by atoms with E-state index in [1.807, 2.05) is 35.2 Å². The van der Waals surface area contributed by atoms with E-state index in [1.54, 1.807) is 11.8 Å². The van der Waals surface area contributed by atoms with Crippen molar-refractivity contribution in [3.63, 3.8) is 0 Å². The molecule has 5 heterocycles. The molecule has 0 radical (unpaired) electrons. The van der Waals surface area contributed by atoms with Gasteiger partial charge in [-0.05, 0) is 82.4 Å². The average Bonchev–Trinajstić information content (AvgIpc) is 3.79. The van der Waals surface area contributed by atoms with E-state index in [0.29, 0.717) is 11.9 Å². The van der Waals surface area contributed by atoms with Crippen LogP contribution in [0, 0.1) is 5.92 Å². The van der Waals surface area contributed by atoms with Crippen LogP contribution in [-0.4, -0.2) is 92.5 Å². The van der Waals surface area contributed by atoms with Gasteiger partial charge < -0.3 is 28.8 Å². The molecule has 2 aromatic heterocycles. The van der Waals surface area contributed by atoms with Crippen LogP contribution >= 0.6 is 17.0 Å². The summed E-state index contributed by atoms with van der Waals surface area (Å²) in [7, 11) is 4.32. The number of rotatable bonds is 8. The van der Waals surface area contributed by atoms with Crippen LogP contribution in [0.15, 0.2) is 97.3 Å². The molecule has 1 N–H and O–H groups in total. The third-order valence-electron chi connectivity index (χ3n) is 9.65. The van der Waals surface area contributed by atoms with Crippen molar-refractivity contribution in [1.82, 2.24) is 28.9 Å². The number of benzene rings is 2. The molecular formula is C40H49BrN6O5. The molecule has 3 aliphatic heterocycles. The Morgan fingerprint density at radius 3 is 2.25 bits per heavy atom. The fraction of sp³-hybridized carbons (Fsp3) is 0.375. The summed E-state index contributed by atoms with van der Waals surface area (Å²) in [5, 5.41) is 7.86. The molecule has 0 atom stereocenters. The Kier molecular flexibility index (Phi) is 15.7. The number of ketones is 1. The normalized spacial score (nSPS) is 16.2. The molecule has 12 heteroatoms. The summed E-state index contributed by atoms with van der Waals surface area (Å²) in [6.45, 7) is 6.28. The van der Waals surface area contributed by atoms with Crippen molar-refractivity contribution in [2.45, 2.75) is 51.6 Å². The quantitative estimate of drug-likeness (QED) is 0.100. The summed E-state index contributed by atoms with van der Waals surface area (Å²) in [6.07, 6.45) is 15.5. The lowest BCUT2D eigenvalue weighted by molar-refractivity contribution is -0.131. The van der Waals surface area contributed by atoms with Gasteiger partial charge in [-0.25, -0.2) is 14.8 Å². The van der Waals surface area contributed by atoms with Gasteiger partial charge in [-0.15, -0.1) is 17.0 Å². The Morgan fingerprint density at radius 1 is 0.865 bits per heavy atom. The van der Waals surface area contributed by atoms with Gasteiger partial charge in [0.15, 0.2) is 5.82 Å². The number of hydrogen-bond acceptors (Lipinski definition) is 8. The van der Waals surface area contributed by atoms with Gasteiger partial charge in [-0.1, -0.05) is 60.2 Å². The van der Waals surface area contributed by atoms with E-state index in [1.165, 1.54) is 28.1 Å². The smallest absolute Gasteiger partial charge is 0.331 e. The molecule has 3 aliphatic rings. The van der Waals surface area contributed by atoms with Crippen molar-refractivity contribution >= 4 is 40.8 Å². The molecule has 2 aromatic carbocycles. The minimum absolute atomic E-state index is 0. The van der Waals surface area contributed by atoms with Crippen LogP contribution < -0.4 is 0 Å². The maximum absolute atomic E-state index is 12.7. The van der Waals surface area contributed by atoms with Crippen molar-refractivity contribution in [2.24, 2.45) is 5.92 Å². The first-order chi connectivity index (χ1) is 24.8. The highest BCUT2D eigenvalue weighted by Crippen LogP contribution is 2.35. The molecule has 11 nitrogen and oxygen atoms in total. The standard InChI is InChI=1S/C18H23N3O.C18H21N3.C4H4O4.BrH/c1-20-11-8-16(9-12-20)17(22)18-19-10-14-21(18)13-7-15-5-3-2-4-6-15;1-20-10-6-15(7-11-20)17-16-5-3-2-4-14(16)8-12-21-13-9-19-18(17)21;5-3-8-2-1-4(6)7;/h2-6,10,14,16H,7-9,11-13H2,1H3;2-5,9,13H,6-8,10-12H2,1H3;1-3H,(H,6,7);1H/b;;2-1+;.